The van der Waals surface area contributed by atoms with E-state index in [9.17, 15) is 23.3 Å². The van der Waals surface area contributed by atoms with E-state index in [1.165, 1.54) is 56.6 Å². The first kappa shape index (κ1) is 21.0. The molecule has 0 aliphatic heterocycles. The molecule has 0 saturated heterocycles. The molecule has 28 heavy (non-hydrogen) atoms. The first-order chi connectivity index (χ1) is 13.3. The van der Waals surface area contributed by atoms with E-state index in [0.717, 1.165) is 10.5 Å². The Morgan fingerprint density at radius 2 is 1.89 bits per heavy atom. The van der Waals surface area contributed by atoms with E-state index < -0.39 is 27.4 Å². The number of nitrogens with one attached hydrogen (secondary N) is 1. The Balaban J connectivity index is 2.01. The number of methoxy groups -OCH3 is 1. The summed E-state index contributed by atoms with van der Waals surface area (Å²) in [6, 6.07) is 11.6. The fourth-order valence-electron chi connectivity index (χ4n) is 2.19. The quantitative estimate of drug-likeness (QED) is 0.400. The van der Waals surface area contributed by atoms with Gasteiger partial charge in [0.2, 0.25) is 10.0 Å². The monoisotopic (exact) mass is 406 g/mol. The van der Waals surface area contributed by atoms with Crippen LogP contribution in [0.5, 0.6) is 5.75 Å². The van der Waals surface area contributed by atoms with E-state index in [-0.39, 0.29) is 16.1 Å². The molecule has 1 N–H and O–H groups in total. The lowest BCUT2D eigenvalue weighted by Crippen LogP contribution is -2.36. The van der Waals surface area contributed by atoms with Gasteiger partial charge in [0.1, 0.15) is 5.75 Å². The zero-order chi connectivity index (χ0) is 20.7. The van der Waals surface area contributed by atoms with Crippen molar-refractivity contribution in [2.75, 3.05) is 20.7 Å². The summed E-state index contributed by atoms with van der Waals surface area (Å²) in [5.41, 5.74) is 2.19. The van der Waals surface area contributed by atoms with Crippen molar-refractivity contribution in [3.05, 3.63) is 64.2 Å². The molecule has 0 saturated carbocycles. The molecule has 0 unspecified atom stereocenters. The number of para-hydroxylation sites is 1. The molecule has 0 spiro atoms. The second-order valence-corrected chi connectivity index (χ2v) is 7.59. The smallest absolute Gasteiger partial charge is 0.278 e. The molecule has 1 amide bonds. The van der Waals surface area contributed by atoms with Crippen molar-refractivity contribution in [3.63, 3.8) is 0 Å². The zero-order valence-electron chi connectivity index (χ0n) is 15.1. The average molecular weight is 406 g/mol. The van der Waals surface area contributed by atoms with Crippen molar-refractivity contribution in [1.29, 1.82) is 0 Å². The third-order valence-corrected chi connectivity index (χ3v) is 5.48. The Kier molecular flexibility index (Phi) is 6.79. The van der Waals surface area contributed by atoms with Crippen molar-refractivity contribution in [3.8, 4) is 5.75 Å². The van der Waals surface area contributed by atoms with Gasteiger partial charge in [-0.1, -0.05) is 12.1 Å². The lowest BCUT2D eigenvalue weighted by atomic mass is 10.2. The third kappa shape index (κ3) is 5.11. The number of ether oxygens (including phenoxy) is 1. The summed E-state index contributed by atoms with van der Waals surface area (Å²) in [4.78, 5) is 22.3. The minimum atomic E-state index is -3.88. The van der Waals surface area contributed by atoms with Gasteiger partial charge in [0.15, 0.2) is 0 Å². The minimum Gasteiger partial charge on any atom is -0.497 e. The summed E-state index contributed by atoms with van der Waals surface area (Å²) >= 11 is 0. The Hall–Kier alpha value is -3.31. The Morgan fingerprint density at radius 1 is 1.25 bits per heavy atom. The van der Waals surface area contributed by atoms with Crippen molar-refractivity contribution < 1.29 is 22.9 Å². The maximum absolute atomic E-state index is 12.5. The Labute approximate surface area is 161 Å². The van der Waals surface area contributed by atoms with Crippen molar-refractivity contribution in [2.24, 2.45) is 5.10 Å². The molecule has 10 nitrogen and oxygen atoms in total. The lowest BCUT2D eigenvalue weighted by Gasteiger charge is -2.16. The van der Waals surface area contributed by atoms with E-state index in [1.54, 1.807) is 6.07 Å². The number of likely N-dealkylation sites (N-methyl/N-ethyl adjacent to an activating group) is 1. The van der Waals surface area contributed by atoms with Crippen LogP contribution < -0.4 is 10.2 Å². The minimum absolute atomic E-state index is 0.00649. The first-order valence-corrected chi connectivity index (χ1v) is 9.35. The van der Waals surface area contributed by atoms with Crippen molar-refractivity contribution in [1.82, 2.24) is 9.73 Å². The predicted molar refractivity (Wildman–Crippen MR) is 102 cm³/mol. The van der Waals surface area contributed by atoms with Crippen LogP contribution in [0.15, 0.2) is 58.5 Å². The van der Waals surface area contributed by atoms with Gasteiger partial charge in [0.25, 0.3) is 11.6 Å². The maximum Gasteiger partial charge on any atom is 0.278 e. The van der Waals surface area contributed by atoms with Crippen LogP contribution in [-0.4, -0.2) is 50.5 Å². The van der Waals surface area contributed by atoms with Gasteiger partial charge in [-0.05, 0) is 30.3 Å². The fraction of sp³-hybridized carbons (Fsp3) is 0.176. The summed E-state index contributed by atoms with van der Waals surface area (Å²) in [5.74, 6) is -0.196. The molecule has 0 aliphatic carbocycles. The normalized spacial score (nSPS) is 11.5. The molecule has 0 heterocycles. The molecule has 0 radical (unpaired) electrons. The maximum atomic E-state index is 12.5. The van der Waals surface area contributed by atoms with Gasteiger partial charge in [-0.15, -0.1) is 0 Å². The van der Waals surface area contributed by atoms with Gasteiger partial charge in [-0.25, -0.2) is 13.8 Å². The highest BCUT2D eigenvalue weighted by molar-refractivity contribution is 7.89. The SMILES string of the molecule is COc1ccc(S(=O)(=O)N(C)CC(=O)N/N=C\c2ccccc2[N+](=O)[O-])cc1. The average Bonchev–Trinajstić information content (AvgIpc) is 2.68. The number of sulfonamides is 1. The number of nitro groups is 1. The summed E-state index contributed by atoms with van der Waals surface area (Å²) in [5, 5.41) is 14.6. The highest BCUT2D eigenvalue weighted by atomic mass is 32.2. The number of amides is 1. The standard InChI is InChI=1S/C17H18N4O6S/c1-20(28(25,26)15-9-7-14(27-2)8-10-15)12-17(22)19-18-11-13-5-3-4-6-16(13)21(23)24/h3-11H,12H2,1-2H3,(H,19,22)/b18-11-. The van der Waals surface area contributed by atoms with Crippen LogP contribution in [0.2, 0.25) is 0 Å². The number of carbonyl (C=O) groups is 1. The van der Waals surface area contributed by atoms with Crippen LogP contribution in [0.1, 0.15) is 5.56 Å². The Morgan fingerprint density at radius 3 is 2.50 bits per heavy atom. The molecule has 11 heteroatoms. The summed E-state index contributed by atoms with van der Waals surface area (Å²) < 4.78 is 30.8. The van der Waals surface area contributed by atoms with Crippen LogP contribution in [0.3, 0.4) is 0 Å². The first-order valence-electron chi connectivity index (χ1n) is 7.91. The second kappa shape index (κ2) is 9.06. The topological polar surface area (TPSA) is 131 Å². The molecule has 148 valence electrons. The molecular weight excluding hydrogens is 388 g/mol. The van der Waals surface area contributed by atoms with Crippen molar-refractivity contribution >= 4 is 27.8 Å². The van der Waals surface area contributed by atoms with Gasteiger partial charge in [0.05, 0.1) is 35.3 Å². The molecular formula is C17H18N4O6S. The summed E-state index contributed by atoms with van der Waals surface area (Å²) in [7, 11) is -1.16. The van der Waals surface area contributed by atoms with Crippen LogP contribution in [0.4, 0.5) is 5.69 Å². The largest absolute Gasteiger partial charge is 0.497 e. The molecule has 2 aromatic rings. The van der Waals surface area contributed by atoms with E-state index in [1.807, 2.05) is 0 Å². The molecule has 0 aromatic heterocycles. The fourth-order valence-corrected chi connectivity index (χ4v) is 3.31. The van der Waals surface area contributed by atoms with Crippen LogP contribution in [-0.2, 0) is 14.8 Å². The molecule has 0 atom stereocenters. The number of benzene rings is 2. The van der Waals surface area contributed by atoms with Crippen LogP contribution >= 0.6 is 0 Å². The number of hydrogen-bond donors (Lipinski definition) is 1. The van der Waals surface area contributed by atoms with Gasteiger partial charge in [-0.3, -0.25) is 14.9 Å². The van der Waals surface area contributed by atoms with E-state index in [2.05, 4.69) is 10.5 Å². The molecule has 0 aliphatic rings. The van der Waals surface area contributed by atoms with Gasteiger partial charge >= 0.3 is 0 Å². The highest BCUT2D eigenvalue weighted by Crippen LogP contribution is 2.18. The number of hydrazone groups is 1. The highest BCUT2D eigenvalue weighted by Gasteiger charge is 2.23. The van der Waals surface area contributed by atoms with Crippen LogP contribution in [0, 0.1) is 10.1 Å². The van der Waals surface area contributed by atoms with E-state index in [0.29, 0.717) is 5.75 Å². The third-order valence-electron chi connectivity index (χ3n) is 3.66. The predicted octanol–water partition coefficient (Wildman–Crippen LogP) is 1.37. The molecule has 0 fully saturated rings. The van der Waals surface area contributed by atoms with Crippen molar-refractivity contribution in [2.45, 2.75) is 4.90 Å². The molecule has 2 rings (SSSR count). The number of nitro benzene ring substituents is 1. The molecule has 2 aromatic carbocycles. The van der Waals surface area contributed by atoms with E-state index >= 15 is 0 Å². The molecule has 0 bridgehead atoms. The van der Waals surface area contributed by atoms with Gasteiger partial charge in [-0.2, -0.15) is 9.41 Å². The van der Waals surface area contributed by atoms with Gasteiger partial charge in [0, 0.05) is 13.1 Å². The number of hydrogen-bond acceptors (Lipinski definition) is 7. The number of rotatable bonds is 8. The lowest BCUT2D eigenvalue weighted by molar-refractivity contribution is -0.385. The van der Waals surface area contributed by atoms with Gasteiger partial charge < -0.3 is 4.74 Å². The number of carbonyl (C=O) groups excluding carboxylic acids is 1. The Bertz CT molecular complexity index is 989. The van der Waals surface area contributed by atoms with Crippen LogP contribution in [0.25, 0.3) is 0 Å². The summed E-state index contributed by atoms with van der Waals surface area (Å²) in [6.07, 6.45) is 1.12. The zero-order valence-corrected chi connectivity index (χ0v) is 15.9. The second-order valence-electron chi connectivity index (χ2n) is 5.55. The summed E-state index contributed by atoms with van der Waals surface area (Å²) in [6.45, 7) is -0.484. The number of nitrogens with zero attached hydrogens (tertiary/aromatic N) is 3. The van der Waals surface area contributed by atoms with E-state index in [4.69, 9.17) is 4.74 Å².